The minimum atomic E-state index is -4.26. The maximum absolute atomic E-state index is 14.3. The number of benzene rings is 1. The van der Waals surface area contributed by atoms with Gasteiger partial charge in [-0.25, -0.2) is 4.39 Å². The number of hydrogen-bond acceptors (Lipinski definition) is 3. The molecule has 0 unspecified atom stereocenters. The first-order valence-electron chi connectivity index (χ1n) is 7.26. The summed E-state index contributed by atoms with van der Waals surface area (Å²) >= 11 is 0. The number of methoxy groups -OCH3 is 1. The van der Waals surface area contributed by atoms with E-state index in [9.17, 15) is 17.6 Å². The number of nitrogens with zero attached hydrogens (tertiary/aromatic N) is 1. The van der Waals surface area contributed by atoms with Gasteiger partial charge in [-0.05, 0) is 18.6 Å². The second kappa shape index (κ2) is 8.70. The molecule has 3 nitrogen and oxygen atoms in total. The van der Waals surface area contributed by atoms with Crippen LogP contribution in [0.5, 0.6) is 5.75 Å². The van der Waals surface area contributed by atoms with Crippen LogP contribution in [0.4, 0.5) is 17.6 Å². The second-order valence-corrected chi connectivity index (χ2v) is 5.31. The van der Waals surface area contributed by atoms with E-state index >= 15 is 0 Å². The van der Waals surface area contributed by atoms with Gasteiger partial charge in [-0.2, -0.15) is 13.2 Å². The highest BCUT2D eigenvalue weighted by atomic mass is 35.5. The molecule has 1 heterocycles. The largest absolute Gasteiger partial charge is 0.496 e. The Hall–Kier alpha value is -1.05. The van der Waals surface area contributed by atoms with Crippen molar-refractivity contribution < 1.29 is 22.3 Å². The summed E-state index contributed by atoms with van der Waals surface area (Å²) in [7, 11) is 1.40. The van der Waals surface area contributed by atoms with Crippen LogP contribution in [0, 0.1) is 5.82 Å². The van der Waals surface area contributed by atoms with E-state index in [4.69, 9.17) is 4.74 Å². The molecule has 0 aromatic heterocycles. The molecule has 8 heteroatoms. The van der Waals surface area contributed by atoms with Gasteiger partial charge >= 0.3 is 6.18 Å². The fraction of sp³-hybridized carbons (Fsp3) is 0.600. The van der Waals surface area contributed by atoms with Crippen LogP contribution >= 0.6 is 12.4 Å². The molecule has 0 spiro atoms. The van der Waals surface area contributed by atoms with Crippen LogP contribution in [0.1, 0.15) is 24.4 Å². The molecule has 0 radical (unpaired) electrons. The summed E-state index contributed by atoms with van der Waals surface area (Å²) in [5, 5.41) is 3.15. The molecule has 1 N–H and O–H groups in total. The predicted octanol–water partition coefficient (Wildman–Crippen LogP) is 3.54. The van der Waals surface area contributed by atoms with Crippen LogP contribution in [0.25, 0.3) is 0 Å². The molecule has 1 aromatic rings. The van der Waals surface area contributed by atoms with Crippen molar-refractivity contribution in [1.29, 1.82) is 0 Å². The summed E-state index contributed by atoms with van der Waals surface area (Å²) < 4.78 is 57.3. The average molecular weight is 357 g/mol. The summed E-state index contributed by atoms with van der Waals surface area (Å²) in [6.45, 7) is 2.53. The summed E-state index contributed by atoms with van der Waals surface area (Å²) in [6.07, 6.45) is -5.38. The highest BCUT2D eigenvalue weighted by Gasteiger charge is 2.33. The lowest BCUT2D eigenvalue weighted by atomic mass is 9.97. The molecule has 2 rings (SSSR count). The molecule has 1 saturated heterocycles. The van der Waals surface area contributed by atoms with Gasteiger partial charge in [0.15, 0.2) is 0 Å². The van der Waals surface area contributed by atoms with Gasteiger partial charge in [-0.15, -0.1) is 12.4 Å². The van der Waals surface area contributed by atoms with Gasteiger partial charge in [-0.1, -0.05) is 6.07 Å². The van der Waals surface area contributed by atoms with Gasteiger partial charge in [0.05, 0.1) is 7.11 Å². The van der Waals surface area contributed by atoms with Gasteiger partial charge < -0.3 is 10.1 Å². The van der Waals surface area contributed by atoms with Crippen molar-refractivity contribution in [3.8, 4) is 5.75 Å². The van der Waals surface area contributed by atoms with Crippen molar-refractivity contribution in [3.05, 3.63) is 29.6 Å². The zero-order chi connectivity index (χ0) is 16.2. The molecule has 23 heavy (non-hydrogen) atoms. The SMILES string of the molecule is COc1cccc(F)c1[C@@H](CCC(F)(F)F)N1CCNCC1.Cl. The summed E-state index contributed by atoms with van der Waals surface area (Å²) in [5.74, 6) is -0.226. The van der Waals surface area contributed by atoms with Gasteiger partial charge in [0.2, 0.25) is 0 Å². The Morgan fingerprint density at radius 2 is 1.91 bits per heavy atom. The number of nitrogens with one attached hydrogen (secondary N) is 1. The first kappa shape index (κ1) is 20.0. The number of ether oxygens (including phenoxy) is 1. The normalized spacial score (nSPS) is 17.4. The van der Waals surface area contributed by atoms with E-state index in [1.54, 1.807) is 6.07 Å². The Morgan fingerprint density at radius 3 is 2.48 bits per heavy atom. The van der Waals surface area contributed by atoms with Gasteiger partial charge in [-0.3, -0.25) is 4.90 Å². The maximum atomic E-state index is 14.3. The van der Waals surface area contributed by atoms with E-state index in [1.165, 1.54) is 19.2 Å². The van der Waals surface area contributed by atoms with Crippen molar-refractivity contribution in [3.63, 3.8) is 0 Å². The molecule has 1 aliphatic rings. The molecular weight excluding hydrogens is 336 g/mol. The topological polar surface area (TPSA) is 24.5 Å². The lowest BCUT2D eigenvalue weighted by Crippen LogP contribution is -2.45. The van der Waals surface area contributed by atoms with Crippen molar-refractivity contribution in [2.75, 3.05) is 33.3 Å². The molecule has 1 aromatic carbocycles. The smallest absolute Gasteiger partial charge is 0.389 e. The molecule has 0 bridgehead atoms. The first-order chi connectivity index (χ1) is 10.4. The summed E-state index contributed by atoms with van der Waals surface area (Å²) in [5.41, 5.74) is 0.219. The Morgan fingerprint density at radius 1 is 1.26 bits per heavy atom. The number of halogens is 5. The summed E-state index contributed by atoms with van der Waals surface area (Å²) in [4.78, 5) is 1.89. The minimum Gasteiger partial charge on any atom is -0.496 e. The van der Waals surface area contributed by atoms with Crippen molar-refractivity contribution in [2.24, 2.45) is 0 Å². The molecular formula is C15H21ClF4N2O. The summed E-state index contributed by atoms with van der Waals surface area (Å²) in [6, 6.07) is 3.71. The van der Waals surface area contributed by atoms with Crippen LogP contribution in [0.2, 0.25) is 0 Å². The quantitative estimate of drug-likeness (QED) is 0.817. The van der Waals surface area contributed by atoms with Crippen LogP contribution in [0.3, 0.4) is 0 Å². The van der Waals surface area contributed by atoms with E-state index in [0.29, 0.717) is 31.9 Å². The molecule has 1 fully saturated rings. The van der Waals surface area contributed by atoms with E-state index in [1.807, 2.05) is 4.90 Å². The standard InChI is InChI=1S/C15H20F4N2O.ClH/c1-22-13-4-2-3-11(16)14(13)12(5-6-15(17,18)19)21-9-7-20-8-10-21;/h2-4,12,20H,5-10H2,1H3;1H/t12-;/m1./s1. The van der Waals surface area contributed by atoms with Gasteiger partial charge in [0, 0.05) is 44.2 Å². The fourth-order valence-electron chi connectivity index (χ4n) is 2.82. The van der Waals surface area contributed by atoms with E-state index < -0.39 is 24.5 Å². The molecule has 0 amide bonds. The van der Waals surface area contributed by atoms with Crippen LogP contribution < -0.4 is 10.1 Å². The third kappa shape index (κ3) is 5.51. The monoisotopic (exact) mass is 356 g/mol. The fourth-order valence-corrected chi connectivity index (χ4v) is 2.82. The van der Waals surface area contributed by atoms with Crippen LogP contribution in [0.15, 0.2) is 18.2 Å². The Kier molecular flexibility index (Phi) is 7.57. The van der Waals surface area contributed by atoms with Gasteiger partial charge in [0.25, 0.3) is 0 Å². The lowest BCUT2D eigenvalue weighted by Gasteiger charge is -2.36. The van der Waals surface area contributed by atoms with Gasteiger partial charge in [0.1, 0.15) is 11.6 Å². The van der Waals surface area contributed by atoms with Crippen molar-refractivity contribution in [2.45, 2.75) is 25.1 Å². The molecule has 1 atom stereocenters. The Labute approximate surface area is 139 Å². The Balaban J connectivity index is 0.00000264. The highest BCUT2D eigenvalue weighted by Crippen LogP contribution is 2.37. The van der Waals surface area contributed by atoms with Crippen LogP contribution in [-0.2, 0) is 0 Å². The number of alkyl halides is 3. The number of hydrogen-bond donors (Lipinski definition) is 1. The van der Waals surface area contributed by atoms with Crippen molar-refractivity contribution in [1.82, 2.24) is 10.2 Å². The molecule has 0 aliphatic carbocycles. The van der Waals surface area contributed by atoms with E-state index in [0.717, 1.165) is 0 Å². The molecule has 1 aliphatic heterocycles. The van der Waals surface area contributed by atoms with E-state index in [2.05, 4.69) is 5.32 Å². The third-order valence-corrected chi connectivity index (χ3v) is 3.86. The Bertz CT molecular complexity index is 493. The maximum Gasteiger partial charge on any atom is 0.389 e. The molecule has 132 valence electrons. The molecule has 0 saturated carbocycles. The minimum absolute atomic E-state index is 0. The third-order valence-electron chi connectivity index (χ3n) is 3.86. The first-order valence-corrected chi connectivity index (χ1v) is 7.26. The zero-order valence-electron chi connectivity index (χ0n) is 12.8. The zero-order valence-corrected chi connectivity index (χ0v) is 13.6. The van der Waals surface area contributed by atoms with Crippen LogP contribution in [-0.4, -0.2) is 44.4 Å². The lowest BCUT2D eigenvalue weighted by molar-refractivity contribution is -0.138. The predicted molar refractivity (Wildman–Crippen MR) is 82.7 cm³/mol. The van der Waals surface area contributed by atoms with E-state index in [-0.39, 0.29) is 24.4 Å². The number of rotatable bonds is 5. The van der Waals surface area contributed by atoms with Crippen molar-refractivity contribution >= 4 is 12.4 Å². The number of piperazine rings is 1. The average Bonchev–Trinajstić information content (AvgIpc) is 2.48. The highest BCUT2D eigenvalue weighted by molar-refractivity contribution is 5.85. The second-order valence-electron chi connectivity index (χ2n) is 5.31.